The van der Waals surface area contributed by atoms with Gasteiger partial charge in [-0.3, -0.25) is 9.78 Å². The Morgan fingerprint density at radius 2 is 1.90 bits per heavy atom. The first kappa shape index (κ1) is 22.2. The SMILES string of the molecule is Cc1cc(Nc2nccc(C(F)(F)F)n2)cc(-c2ccc(C(=O)N(C)CCO)nc2)c1. The number of likely N-dealkylation sites (N-methyl/N-ethyl adjacent to an activating group) is 1. The molecule has 0 atom stereocenters. The highest BCUT2D eigenvalue weighted by atomic mass is 19.4. The van der Waals surface area contributed by atoms with Crippen molar-refractivity contribution in [1.29, 1.82) is 0 Å². The van der Waals surface area contributed by atoms with E-state index in [0.29, 0.717) is 5.69 Å². The number of hydrogen-bond donors (Lipinski definition) is 2. The number of aromatic nitrogens is 3. The first-order valence-corrected chi connectivity index (χ1v) is 9.29. The Bertz CT molecular complexity index is 1070. The molecule has 0 bridgehead atoms. The van der Waals surface area contributed by atoms with Gasteiger partial charge in [0.15, 0.2) is 0 Å². The molecule has 162 valence electrons. The van der Waals surface area contributed by atoms with E-state index in [2.05, 4.69) is 20.3 Å². The quantitative estimate of drug-likeness (QED) is 0.619. The Labute approximate surface area is 176 Å². The van der Waals surface area contributed by atoms with E-state index in [-0.39, 0.29) is 30.7 Å². The summed E-state index contributed by atoms with van der Waals surface area (Å²) in [6.45, 7) is 1.90. The number of pyridine rings is 1. The lowest BCUT2D eigenvalue weighted by Crippen LogP contribution is -2.30. The molecule has 0 aliphatic heterocycles. The zero-order valence-corrected chi connectivity index (χ0v) is 16.8. The van der Waals surface area contributed by atoms with Crippen LogP contribution in [-0.2, 0) is 6.18 Å². The highest BCUT2D eigenvalue weighted by molar-refractivity contribution is 5.92. The van der Waals surface area contributed by atoms with E-state index in [9.17, 15) is 18.0 Å². The smallest absolute Gasteiger partial charge is 0.395 e. The lowest BCUT2D eigenvalue weighted by Gasteiger charge is -2.15. The van der Waals surface area contributed by atoms with Gasteiger partial charge in [0.05, 0.1) is 6.61 Å². The number of nitrogens with zero attached hydrogens (tertiary/aromatic N) is 4. The number of halogens is 3. The molecule has 0 aliphatic carbocycles. The molecule has 2 aromatic heterocycles. The highest BCUT2D eigenvalue weighted by Crippen LogP contribution is 2.29. The molecule has 1 aromatic carbocycles. The third-order valence-corrected chi connectivity index (χ3v) is 4.38. The average Bonchev–Trinajstić information content (AvgIpc) is 2.72. The number of anilines is 2. The first-order valence-electron chi connectivity index (χ1n) is 9.29. The van der Waals surface area contributed by atoms with Crippen LogP contribution in [0.1, 0.15) is 21.7 Å². The molecule has 0 saturated heterocycles. The van der Waals surface area contributed by atoms with Crippen molar-refractivity contribution >= 4 is 17.5 Å². The number of aliphatic hydroxyl groups is 1. The number of nitrogens with one attached hydrogen (secondary N) is 1. The summed E-state index contributed by atoms with van der Waals surface area (Å²) in [5, 5.41) is 11.8. The molecular formula is C21H20F3N5O2. The number of benzene rings is 1. The van der Waals surface area contributed by atoms with Gasteiger partial charge in [-0.2, -0.15) is 13.2 Å². The molecule has 10 heteroatoms. The number of hydrogen-bond acceptors (Lipinski definition) is 6. The topological polar surface area (TPSA) is 91.2 Å². The molecule has 0 aliphatic rings. The van der Waals surface area contributed by atoms with E-state index in [1.807, 2.05) is 13.0 Å². The van der Waals surface area contributed by atoms with E-state index >= 15 is 0 Å². The van der Waals surface area contributed by atoms with Gasteiger partial charge in [-0.1, -0.05) is 12.1 Å². The van der Waals surface area contributed by atoms with Crippen LogP contribution >= 0.6 is 0 Å². The molecule has 0 spiro atoms. The maximum Gasteiger partial charge on any atom is 0.433 e. The minimum atomic E-state index is -4.56. The van der Waals surface area contributed by atoms with Crippen LogP contribution in [0.4, 0.5) is 24.8 Å². The number of carbonyl (C=O) groups is 1. The molecule has 3 aromatic rings. The number of carbonyl (C=O) groups excluding carboxylic acids is 1. The van der Waals surface area contributed by atoms with Gasteiger partial charge in [-0.05, 0) is 42.3 Å². The van der Waals surface area contributed by atoms with Crippen molar-refractivity contribution in [3.63, 3.8) is 0 Å². The fraction of sp³-hybridized carbons (Fsp3) is 0.238. The fourth-order valence-corrected chi connectivity index (χ4v) is 2.87. The predicted octanol–water partition coefficient (Wildman–Crippen LogP) is 3.67. The highest BCUT2D eigenvalue weighted by Gasteiger charge is 2.32. The van der Waals surface area contributed by atoms with Crippen molar-refractivity contribution in [2.24, 2.45) is 0 Å². The number of amides is 1. The molecule has 0 radical (unpaired) electrons. The van der Waals surface area contributed by atoms with Crippen LogP contribution in [0.2, 0.25) is 0 Å². The van der Waals surface area contributed by atoms with Gasteiger partial charge < -0.3 is 15.3 Å². The number of rotatable bonds is 6. The molecular weight excluding hydrogens is 411 g/mol. The monoisotopic (exact) mass is 431 g/mol. The van der Waals surface area contributed by atoms with E-state index in [1.54, 1.807) is 37.5 Å². The van der Waals surface area contributed by atoms with Crippen LogP contribution in [0.3, 0.4) is 0 Å². The Morgan fingerprint density at radius 3 is 2.55 bits per heavy atom. The largest absolute Gasteiger partial charge is 0.433 e. The van der Waals surface area contributed by atoms with Gasteiger partial charge >= 0.3 is 6.18 Å². The van der Waals surface area contributed by atoms with Gasteiger partial charge in [-0.25, -0.2) is 9.97 Å². The summed E-state index contributed by atoms with van der Waals surface area (Å²) in [7, 11) is 1.57. The summed E-state index contributed by atoms with van der Waals surface area (Å²) < 4.78 is 38.6. The van der Waals surface area contributed by atoms with Crippen molar-refractivity contribution in [3.05, 3.63) is 65.7 Å². The Morgan fingerprint density at radius 1 is 1.13 bits per heavy atom. The minimum absolute atomic E-state index is 0.144. The van der Waals surface area contributed by atoms with E-state index in [0.717, 1.165) is 29.0 Å². The summed E-state index contributed by atoms with van der Waals surface area (Å²) in [6.07, 6.45) is -1.98. The van der Waals surface area contributed by atoms with E-state index in [4.69, 9.17) is 5.11 Å². The van der Waals surface area contributed by atoms with Crippen molar-refractivity contribution in [2.75, 3.05) is 25.5 Å². The van der Waals surface area contributed by atoms with Crippen LogP contribution in [0.25, 0.3) is 11.1 Å². The summed E-state index contributed by atoms with van der Waals surface area (Å²) in [4.78, 5) is 25.2. The number of aliphatic hydroxyl groups excluding tert-OH is 1. The Hall–Kier alpha value is -3.53. The normalized spacial score (nSPS) is 11.3. The maximum absolute atomic E-state index is 12.9. The molecule has 31 heavy (non-hydrogen) atoms. The van der Waals surface area contributed by atoms with Gasteiger partial charge in [0.2, 0.25) is 5.95 Å². The third-order valence-electron chi connectivity index (χ3n) is 4.38. The standard InChI is InChI=1S/C21H20F3N5O2/c1-13-9-15(14-3-4-17(26-12-14)19(31)29(2)7-8-30)11-16(10-13)27-20-25-6-5-18(28-20)21(22,23)24/h3-6,9-12,30H,7-8H2,1-2H3,(H,25,27,28). The maximum atomic E-state index is 12.9. The molecule has 0 fully saturated rings. The summed E-state index contributed by atoms with van der Waals surface area (Å²) in [5.41, 5.74) is 2.05. The van der Waals surface area contributed by atoms with Crippen LogP contribution in [0.15, 0.2) is 48.8 Å². The van der Waals surface area contributed by atoms with E-state index < -0.39 is 11.9 Å². The van der Waals surface area contributed by atoms with E-state index in [1.165, 1.54) is 4.90 Å². The zero-order valence-electron chi connectivity index (χ0n) is 16.8. The molecule has 2 heterocycles. The minimum Gasteiger partial charge on any atom is -0.395 e. The second-order valence-corrected chi connectivity index (χ2v) is 6.86. The zero-order chi connectivity index (χ0) is 22.6. The van der Waals surface area contributed by atoms with Crippen molar-refractivity contribution in [1.82, 2.24) is 19.9 Å². The van der Waals surface area contributed by atoms with Gasteiger partial charge in [0, 0.05) is 37.2 Å². The van der Waals surface area contributed by atoms with Crippen molar-refractivity contribution in [3.8, 4) is 11.1 Å². The summed E-state index contributed by atoms with van der Waals surface area (Å²) >= 11 is 0. The second kappa shape index (κ2) is 9.09. The fourth-order valence-electron chi connectivity index (χ4n) is 2.87. The summed E-state index contributed by atoms with van der Waals surface area (Å²) in [5.74, 6) is -0.480. The van der Waals surface area contributed by atoms with Crippen LogP contribution < -0.4 is 5.32 Å². The molecule has 2 N–H and O–H groups in total. The summed E-state index contributed by atoms with van der Waals surface area (Å²) in [6, 6.07) is 9.48. The Balaban J connectivity index is 1.84. The predicted molar refractivity (Wildman–Crippen MR) is 109 cm³/mol. The van der Waals surface area contributed by atoms with Crippen LogP contribution in [0.5, 0.6) is 0 Å². The number of aryl methyl sites for hydroxylation is 1. The van der Waals surface area contributed by atoms with Gasteiger partial charge in [-0.15, -0.1) is 0 Å². The lowest BCUT2D eigenvalue weighted by atomic mass is 10.0. The Kier molecular flexibility index (Phi) is 6.50. The van der Waals surface area contributed by atoms with Crippen molar-refractivity contribution in [2.45, 2.75) is 13.1 Å². The first-order chi connectivity index (χ1) is 14.7. The molecule has 0 saturated carbocycles. The second-order valence-electron chi connectivity index (χ2n) is 6.86. The van der Waals surface area contributed by atoms with Gasteiger partial charge in [0.25, 0.3) is 5.91 Å². The van der Waals surface area contributed by atoms with Crippen LogP contribution in [-0.4, -0.2) is 51.1 Å². The molecule has 0 unspecified atom stereocenters. The molecule has 7 nitrogen and oxygen atoms in total. The third kappa shape index (κ3) is 5.54. The molecule has 1 amide bonds. The van der Waals surface area contributed by atoms with Crippen molar-refractivity contribution < 1.29 is 23.1 Å². The molecule has 3 rings (SSSR count). The average molecular weight is 431 g/mol. The van der Waals surface area contributed by atoms with Crippen LogP contribution in [0, 0.1) is 6.92 Å². The lowest BCUT2D eigenvalue weighted by molar-refractivity contribution is -0.141. The van der Waals surface area contributed by atoms with Gasteiger partial charge in [0.1, 0.15) is 11.4 Å². The number of alkyl halides is 3.